The average Bonchev–Trinajstić information content (AvgIpc) is 3.44. The Morgan fingerprint density at radius 3 is 2.23 bits per heavy atom. The van der Waals surface area contributed by atoms with Crippen LogP contribution in [-0.2, 0) is 37.1 Å². The highest BCUT2D eigenvalue weighted by Gasteiger charge is 2.42. The molecule has 0 aliphatic rings. The number of thiophene rings is 1. The minimum Gasteiger partial charge on any atom is -0.453 e. The summed E-state index contributed by atoms with van der Waals surface area (Å²) in [5, 5.41) is 15.2. The maximum Gasteiger partial charge on any atom is 0.407 e. The van der Waals surface area contributed by atoms with Crippen LogP contribution >= 0.6 is 11.3 Å². The van der Waals surface area contributed by atoms with E-state index in [0.717, 1.165) is 12.0 Å². The van der Waals surface area contributed by atoms with E-state index in [1.165, 1.54) is 23.5 Å². The highest BCUT2D eigenvalue weighted by Crippen LogP contribution is 2.23. The monoisotopic (exact) mass is 585 g/mol. The van der Waals surface area contributed by atoms with Crippen molar-refractivity contribution in [1.29, 1.82) is 5.41 Å². The van der Waals surface area contributed by atoms with E-state index < -0.39 is 45.6 Å². The summed E-state index contributed by atoms with van der Waals surface area (Å²) in [6.07, 6.45) is -1.26. The molecule has 212 valence electrons. The van der Waals surface area contributed by atoms with Crippen molar-refractivity contribution in [2.45, 2.75) is 29.8 Å². The standard InChI is InChI=1S/C27H31N5O6S2/c1-38-26(35)32-27(16-19-8-4-2-5-9-19,14-15-40(36,37)21-10-6-3-7-11-21)25(34)31-18-23(33)30-17-20-12-13-22(39-20)24(28)29/h2-13H,14-18H2,1H3,(H3,28,29)(H,30,33)(H,31,34)(H,32,35). The molecule has 0 bridgehead atoms. The number of carbonyl (C=O) groups is 3. The number of hydrogen-bond donors (Lipinski definition) is 5. The van der Waals surface area contributed by atoms with Crippen LogP contribution in [0.15, 0.2) is 77.7 Å². The van der Waals surface area contributed by atoms with Gasteiger partial charge in [0.1, 0.15) is 11.4 Å². The van der Waals surface area contributed by atoms with E-state index in [0.29, 0.717) is 10.4 Å². The number of nitrogens with two attached hydrogens (primary N) is 1. The molecule has 0 saturated heterocycles. The van der Waals surface area contributed by atoms with Gasteiger partial charge in [-0.3, -0.25) is 15.0 Å². The molecule has 11 nitrogen and oxygen atoms in total. The van der Waals surface area contributed by atoms with E-state index in [-0.39, 0.29) is 30.1 Å². The average molecular weight is 586 g/mol. The first-order chi connectivity index (χ1) is 19.0. The SMILES string of the molecule is COC(=O)NC(CCS(=O)(=O)c1ccccc1)(Cc1ccccc1)C(=O)NCC(=O)NCc1ccc(C(=N)N)s1. The molecule has 0 spiro atoms. The number of rotatable bonds is 13. The van der Waals surface area contributed by atoms with Gasteiger partial charge >= 0.3 is 6.09 Å². The van der Waals surface area contributed by atoms with Crippen LogP contribution in [0.5, 0.6) is 0 Å². The Labute approximate surface area is 236 Å². The summed E-state index contributed by atoms with van der Waals surface area (Å²) in [6, 6.07) is 20.0. The lowest BCUT2D eigenvalue weighted by Gasteiger charge is -2.33. The number of nitrogen functional groups attached to an aromatic ring is 1. The number of benzene rings is 2. The van der Waals surface area contributed by atoms with Gasteiger partial charge in [0.25, 0.3) is 0 Å². The quantitative estimate of drug-likeness (QED) is 0.150. The first-order valence-corrected chi connectivity index (χ1v) is 14.7. The molecule has 0 radical (unpaired) electrons. The van der Waals surface area contributed by atoms with Gasteiger partial charge in [-0.15, -0.1) is 11.3 Å². The molecule has 0 aliphatic carbocycles. The molecule has 2 aromatic carbocycles. The van der Waals surface area contributed by atoms with Crippen molar-refractivity contribution >= 4 is 44.9 Å². The highest BCUT2D eigenvalue weighted by molar-refractivity contribution is 7.91. The van der Waals surface area contributed by atoms with Crippen LogP contribution in [0.3, 0.4) is 0 Å². The maximum atomic E-state index is 13.6. The minimum absolute atomic E-state index is 0.0519. The van der Waals surface area contributed by atoms with Crippen molar-refractivity contribution in [2.24, 2.45) is 5.73 Å². The number of carbonyl (C=O) groups excluding carboxylic acids is 3. The molecule has 0 aliphatic heterocycles. The van der Waals surface area contributed by atoms with Crippen molar-refractivity contribution in [3.8, 4) is 0 Å². The van der Waals surface area contributed by atoms with Gasteiger partial charge in [-0.1, -0.05) is 48.5 Å². The van der Waals surface area contributed by atoms with E-state index in [1.807, 2.05) is 0 Å². The van der Waals surface area contributed by atoms with Gasteiger partial charge in [0.15, 0.2) is 9.84 Å². The maximum absolute atomic E-state index is 13.6. The molecule has 3 aromatic rings. The minimum atomic E-state index is -3.81. The third-order valence-electron chi connectivity index (χ3n) is 6.01. The molecule has 13 heteroatoms. The third kappa shape index (κ3) is 8.38. The molecule has 3 amide bonds. The van der Waals surface area contributed by atoms with Gasteiger partial charge in [-0.05, 0) is 36.2 Å². The highest BCUT2D eigenvalue weighted by atomic mass is 32.2. The number of nitrogens with one attached hydrogen (secondary N) is 4. The molecule has 0 saturated carbocycles. The molecule has 0 fully saturated rings. The van der Waals surface area contributed by atoms with Crippen molar-refractivity contribution in [3.63, 3.8) is 0 Å². The number of alkyl carbamates (subject to hydrolysis) is 1. The van der Waals surface area contributed by atoms with Crippen molar-refractivity contribution < 1.29 is 27.5 Å². The number of sulfone groups is 1. The molecular formula is C27H31N5O6S2. The summed E-state index contributed by atoms with van der Waals surface area (Å²) in [6.45, 7) is -0.258. The largest absolute Gasteiger partial charge is 0.453 e. The second-order valence-electron chi connectivity index (χ2n) is 8.88. The van der Waals surface area contributed by atoms with Crippen molar-refractivity contribution in [3.05, 3.63) is 88.1 Å². The predicted octanol–water partition coefficient (Wildman–Crippen LogP) is 1.97. The first-order valence-electron chi connectivity index (χ1n) is 12.2. The van der Waals surface area contributed by atoms with Crippen LogP contribution in [-0.4, -0.2) is 57.1 Å². The fourth-order valence-corrected chi connectivity index (χ4v) is 6.12. The van der Waals surface area contributed by atoms with Gasteiger partial charge in [0, 0.05) is 11.3 Å². The van der Waals surface area contributed by atoms with Crippen molar-refractivity contribution in [1.82, 2.24) is 16.0 Å². The number of methoxy groups -OCH3 is 1. The van der Waals surface area contributed by atoms with Crippen molar-refractivity contribution in [2.75, 3.05) is 19.4 Å². The second-order valence-corrected chi connectivity index (χ2v) is 12.2. The molecule has 3 rings (SSSR count). The van der Waals surface area contributed by atoms with Crippen LogP contribution in [0.2, 0.25) is 0 Å². The Morgan fingerprint density at radius 1 is 0.975 bits per heavy atom. The summed E-state index contributed by atoms with van der Waals surface area (Å²) in [5.74, 6) is -1.77. The Morgan fingerprint density at radius 2 is 1.62 bits per heavy atom. The molecule has 1 atom stereocenters. The Balaban J connectivity index is 1.79. The summed E-state index contributed by atoms with van der Waals surface area (Å²) >= 11 is 1.26. The number of ether oxygens (including phenoxy) is 1. The molecule has 1 unspecified atom stereocenters. The zero-order valence-electron chi connectivity index (χ0n) is 21.8. The van der Waals surface area contributed by atoms with Crippen LogP contribution in [0.4, 0.5) is 4.79 Å². The number of hydrogen-bond acceptors (Lipinski definition) is 8. The first kappa shape index (κ1) is 30.3. The number of amides is 3. The molecule has 40 heavy (non-hydrogen) atoms. The Hall–Kier alpha value is -4.23. The third-order valence-corrected chi connectivity index (χ3v) is 8.86. The Bertz CT molecular complexity index is 1440. The van der Waals surface area contributed by atoms with E-state index in [2.05, 4.69) is 16.0 Å². The van der Waals surface area contributed by atoms with Crippen LogP contribution in [0.1, 0.15) is 21.7 Å². The fraction of sp³-hybridized carbons (Fsp3) is 0.259. The fourth-order valence-electron chi connectivity index (χ4n) is 3.89. The molecule has 6 N–H and O–H groups in total. The zero-order chi connectivity index (χ0) is 29.2. The lowest BCUT2D eigenvalue weighted by atomic mass is 9.87. The van der Waals surface area contributed by atoms with Crippen LogP contribution < -0.4 is 21.7 Å². The Kier molecular flexibility index (Phi) is 10.4. The smallest absolute Gasteiger partial charge is 0.407 e. The second kappa shape index (κ2) is 13.7. The van der Waals surface area contributed by atoms with Crippen LogP contribution in [0, 0.1) is 5.41 Å². The van der Waals surface area contributed by atoms with Gasteiger partial charge in [0.2, 0.25) is 11.8 Å². The van der Waals surface area contributed by atoms with E-state index in [9.17, 15) is 22.8 Å². The zero-order valence-corrected chi connectivity index (χ0v) is 23.4. The molecule has 1 aromatic heterocycles. The summed E-state index contributed by atoms with van der Waals surface area (Å²) in [5.41, 5.74) is 4.38. The summed E-state index contributed by atoms with van der Waals surface area (Å²) in [4.78, 5) is 40.0. The van der Waals surface area contributed by atoms with E-state index >= 15 is 0 Å². The van der Waals surface area contributed by atoms with E-state index in [4.69, 9.17) is 15.9 Å². The van der Waals surface area contributed by atoms with Gasteiger partial charge < -0.3 is 26.4 Å². The lowest BCUT2D eigenvalue weighted by molar-refractivity contribution is -0.130. The predicted molar refractivity (Wildman–Crippen MR) is 152 cm³/mol. The van der Waals surface area contributed by atoms with Crippen LogP contribution in [0.25, 0.3) is 0 Å². The normalized spacial score (nSPS) is 12.5. The number of amidine groups is 1. The van der Waals surface area contributed by atoms with Gasteiger partial charge in [-0.2, -0.15) is 0 Å². The lowest BCUT2D eigenvalue weighted by Crippen LogP contribution is -2.61. The molecule has 1 heterocycles. The van der Waals surface area contributed by atoms with Gasteiger partial charge in [0.05, 0.1) is 35.7 Å². The summed E-state index contributed by atoms with van der Waals surface area (Å²) < 4.78 is 30.9. The summed E-state index contributed by atoms with van der Waals surface area (Å²) in [7, 11) is -2.68. The molecular weight excluding hydrogens is 554 g/mol. The van der Waals surface area contributed by atoms with Gasteiger partial charge in [-0.25, -0.2) is 13.2 Å². The topological polar surface area (TPSA) is 181 Å². The van der Waals surface area contributed by atoms with E-state index in [1.54, 1.807) is 60.7 Å².